The number of methoxy groups -OCH3 is 1. The molecule has 0 aromatic heterocycles. The minimum atomic E-state index is 0.838. The first-order chi connectivity index (χ1) is 28.4. The average molecular weight is 750 g/mol. The van der Waals surface area contributed by atoms with E-state index in [1.54, 1.807) is 7.11 Å². The van der Waals surface area contributed by atoms with Crippen LogP contribution in [0.15, 0.2) is 200 Å². The molecule has 0 saturated carbocycles. The van der Waals surface area contributed by atoms with Gasteiger partial charge in [-0.05, 0) is 119 Å². The lowest BCUT2D eigenvalue weighted by molar-refractivity contribution is 0.414. The zero-order valence-corrected chi connectivity index (χ0v) is 33.6. The van der Waals surface area contributed by atoms with Crippen molar-refractivity contribution in [2.24, 2.45) is 0 Å². The molecule has 0 aliphatic rings. The van der Waals surface area contributed by atoms with Crippen LogP contribution in [0.3, 0.4) is 0 Å². The number of rotatable bonds is 11. The van der Waals surface area contributed by atoms with E-state index in [2.05, 4.69) is 232 Å². The minimum Gasteiger partial charge on any atom is -0.497 e. The number of allylic oxidation sites excluding steroid dienone is 2. The van der Waals surface area contributed by atoms with Crippen LogP contribution in [0.5, 0.6) is 5.75 Å². The van der Waals surface area contributed by atoms with Gasteiger partial charge in [-0.1, -0.05) is 181 Å². The van der Waals surface area contributed by atoms with Crippen molar-refractivity contribution in [2.45, 2.75) is 20.8 Å². The number of ether oxygens (including phenoxy) is 1. The van der Waals surface area contributed by atoms with Gasteiger partial charge in [0.25, 0.3) is 0 Å². The molecule has 0 amide bonds. The standard InChI is InChI=1S/C56H47NO/c1-40-22-28-46(29-23-40)54(47-30-24-41(2)25-31-47)39-48-32-36-56(53-20-12-11-19-52(48)53)57(55-37-35-50(58-4)38-42(55)3)49-33-26-43(27-34-49)14-13-21-51(44-15-7-5-8-16-44)45-17-9-6-10-18-45/h5-39H,1-4H3/b14-13+. The molecule has 0 radical (unpaired) electrons. The van der Waals surface area contributed by atoms with Crippen LogP contribution in [0.1, 0.15) is 50.1 Å². The van der Waals surface area contributed by atoms with Gasteiger partial charge in [0.15, 0.2) is 0 Å². The van der Waals surface area contributed by atoms with Crippen molar-refractivity contribution < 1.29 is 4.74 Å². The second kappa shape index (κ2) is 17.3. The summed E-state index contributed by atoms with van der Waals surface area (Å²) in [6, 6.07) is 67.3. The highest BCUT2D eigenvalue weighted by molar-refractivity contribution is 6.06. The van der Waals surface area contributed by atoms with Crippen LogP contribution in [0.25, 0.3) is 34.1 Å². The summed E-state index contributed by atoms with van der Waals surface area (Å²) in [6.07, 6.45) is 8.88. The average Bonchev–Trinajstić information content (AvgIpc) is 3.27. The SMILES string of the molecule is COc1ccc(N(c2ccc(/C=C/C=C(c3ccccc3)c3ccccc3)cc2)c2ccc(C=C(c3ccc(C)cc3)c3ccc(C)cc3)c3ccccc23)c(C)c1. The van der Waals surface area contributed by atoms with Crippen LogP contribution in [0.4, 0.5) is 17.1 Å². The Kier molecular flexibility index (Phi) is 11.3. The van der Waals surface area contributed by atoms with Gasteiger partial charge in [-0.15, -0.1) is 0 Å². The third kappa shape index (κ3) is 8.33. The summed E-state index contributed by atoms with van der Waals surface area (Å²) >= 11 is 0. The summed E-state index contributed by atoms with van der Waals surface area (Å²) in [7, 11) is 1.72. The van der Waals surface area contributed by atoms with Crippen molar-refractivity contribution in [3.63, 3.8) is 0 Å². The van der Waals surface area contributed by atoms with Gasteiger partial charge in [-0.3, -0.25) is 0 Å². The number of benzene rings is 8. The van der Waals surface area contributed by atoms with Gasteiger partial charge in [0, 0.05) is 16.8 Å². The Morgan fingerprint density at radius 3 is 1.59 bits per heavy atom. The van der Waals surface area contributed by atoms with Crippen LogP contribution >= 0.6 is 0 Å². The molecule has 0 heterocycles. The van der Waals surface area contributed by atoms with Gasteiger partial charge in [-0.2, -0.15) is 0 Å². The monoisotopic (exact) mass is 749 g/mol. The molecule has 2 heteroatoms. The van der Waals surface area contributed by atoms with Crippen molar-refractivity contribution >= 4 is 51.1 Å². The Morgan fingerprint density at radius 2 is 1.02 bits per heavy atom. The van der Waals surface area contributed by atoms with Crippen molar-refractivity contribution in [1.29, 1.82) is 0 Å². The molecule has 0 spiro atoms. The molecule has 0 N–H and O–H groups in total. The van der Waals surface area contributed by atoms with Crippen LogP contribution < -0.4 is 9.64 Å². The quantitative estimate of drug-likeness (QED) is 0.0964. The molecule has 0 unspecified atom stereocenters. The maximum atomic E-state index is 5.64. The Balaban J connectivity index is 1.21. The van der Waals surface area contributed by atoms with E-state index in [-0.39, 0.29) is 0 Å². The topological polar surface area (TPSA) is 12.5 Å². The normalized spacial score (nSPS) is 11.0. The zero-order valence-electron chi connectivity index (χ0n) is 33.6. The number of nitrogens with zero attached hydrogens (tertiary/aromatic N) is 1. The Hall–Kier alpha value is -7.16. The second-order valence-corrected chi connectivity index (χ2v) is 14.8. The van der Waals surface area contributed by atoms with Gasteiger partial charge in [0.05, 0.1) is 12.8 Å². The predicted octanol–water partition coefficient (Wildman–Crippen LogP) is 15.0. The number of fused-ring (bicyclic) bond motifs is 1. The molecule has 2 nitrogen and oxygen atoms in total. The Labute approximate surface area is 343 Å². The smallest absolute Gasteiger partial charge is 0.119 e. The van der Waals surface area contributed by atoms with Gasteiger partial charge in [-0.25, -0.2) is 0 Å². The van der Waals surface area contributed by atoms with E-state index in [4.69, 9.17) is 4.74 Å². The number of aryl methyl sites for hydroxylation is 3. The van der Waals surface area contributed by atoms with Gasteiger partial charge in [0.1, 0.15) is 5.75 Å². The summed E-state index contributed by atoms with van der Waals surface area (Å²) < 4.78 is 5.64. The molecule has 8 rings (SSSR count). The van der Waals surface area contributed by atoms with Gasteiger partial charge in [0.2, 0.25) is 0 Å². The van der Waals surface area contributed by atoms with E-state index in [1.807, 2.05) is 6.07 Å². The van der Waals surface area contributed by atoms with E-state index in [0.29, 0.717) is 0 Å². The first kappa shape index (κ1) is 37.7. The lowest BCUT2D eigenvalue weighted by Crippen LogP contribution is -2.12. The second-order valence-electron chi connectivity index (χ2n) is 14.8. The predicted molar refractivity (Wildman–Crippen MR) is 248 cm³/mol. The fourth-order valence-corrected chi connectivity index (χ4v) is 7.58. The molecule has 0 fully saturated rings. The summed E-state index contributed by atoms with van der Waals surface area (Å²) in [6.45, 7) is 6.43. The van der Waals surface area contributed by atoms with Crippen molar-refractivity contribution in [3.8, 4) is 5.75 Å². The number of hydrogen-bond acceptors (Lipinski definition) is 2. The van der Waals surface area contributed by atoms with E-state index in [9.17, 15) is 0 Å². The van der Waals surface area contributed by atoms with E-state index < -0.39 is 0 Å². The first-order valence-corrected chi connectivity index (χ1v) is 19.9. The Morgan fingerprint density at radius 1 is 0.483 bits per heavy atom. The molecular formula is C56H47NO. The molecule has 58 heavy (non-hydrogen) atoms. The molecule has 8 aromatic carbocycles. The lowest BCUT2D eigenvalue weighted by atomic mass is 9.92. The highest BCUT2D eigenvalue weighted by Crippen LogP contribution is 2.43. The maximum Gasteiger partial charge on any atom is 0.119 e. The first-order valence-electron chi connectivity index (χ1n) is 19.9. The van der Waals surface area contributed by atoms with Crippen LogP contribution in [-0.4, -0.2) is 7.11 Å². The molecule has 0 atom stereocenters. The number of anilines is 3. The molecule has 282 valence electrons. The van der Waals surface area contributed by atoms with Crippen molar-refractivity contribution in [3.05, 3.63) is 250 Å². The molecule has 0 bridgehead atoms. The maximum absolute atomic E-state index is 5.64. The van der Waals surface area contributed by atoms with Crippen molar-refractivity contribution in [2.75, 3.05) is 12.0 Å². The zero-order chi connectivity index (χ0) is 39.8. The fourth-order valence-electron chi connectivity index (χ4n) is 7.58. The molecule has 8 aromatic rings. The highest BCUT2D eigenvalue weighted by atomic mass is 16.5. The third-order valence-electron chi connectivity index (χ3n) is 10.7. The molecule has 0 saturated heterocycles. The van der Waals surface area contributed by atoms with E-state index >= 15 is 0 Å². The fraction of sp³-hybridized carbons (Fsp3) is 0.0714. The molecule has 0 aliphatic carbocycles. The number of hydrogen-bond donors (Lipinski definition) is 0. The van der Waals surface area contributed by atoms with E-state index in [1.165, 1.54) is 60.9 Å². The van der Waals surface area contributed by atoms with Gasteiger partial charge >= 0.3 is 0 Å². The summed E-state index contributed by atoms with van der Waals surface area (Å²) in [5.74, 6) is 0.838. The van der Waals surface area contributed by atoms with Crippen LogP contribution in [-0.2, 0) is 0 Å². The Bertz CT molecular complexity index is 2650. The lowest BCUT2D eigenvalue weighted by Gasteiger charge is -2.29. The minimum absolute atomic E-state index is 0.838. The molecule has 0 aliphatic heterocycles. The van der Waals surface area contributed by atoms with Gasteiger partial charge < -0.3 is 9.64 Å². The largest absolute Gasteiger partial charge is 0.497 e. The summed E-state index contributed by atoms with van der Waals surface area (Å²) in [5, 5.41) is 2.36. The summed E-state index contributed by atoms with van der Waals surface area (Å²) in [4.78, 5) is 2.38. The van der Waals surface area contributed by atoms with Crippen LogP contribution in [0.2, 0.25) is 0 Å². The molecular weight excluding hydrogens is 703 g/mol. The van der Waals surface area contributed by atoms with Crippen molar-refractivity contribution in [1.82, 2.24) is 0 Å². The summed E-state index contributed by atoms with van der Waals surface area (Å²) in [5.41, 5.74) is 16.3. The van der Waals surface area contributed by atoms with Crippen LogP contribution in [0, 0.1) is 20.8 Å². The van der Waals surface area contributed by atoms with E-state index in [0.717, 1.165) is 33.9 Å². The highest BCUT2D eigenvalue weighted by Gasteiger charge is 2.19. The third-order valence-corrected chi connectivity index (χ3v) is 10.7.